The van der Waals surface area contributed by atoms with E-state index in [0.29, 0.717) is 0 Å². The van der Waals surface area contributed by atoms with E-state index in [1.165, 1.54) is 11.8 Å². The first-order valence-electron chi connectivity index (χ1n) is 15.3. The highest BCUT2D eigenvalue weighted by Crippen LogP contribution is 2.73. The van der Waals surface area contributed by atoms with Crippen LogP contribution in [-0.2, 0) is 58.6 Å². The molecule has 2 fully saturated rings. The van der Waals surface area contributed by atoms with E-state index in [1.807, 2.05) is 4.98 Å². The van der Waals surface area contributed by atoms with Crippen molar-refractivity contribution in [1.82, 2.24) is 24.4 Å². The fourth-order valence-corrected chi connectivity index (χ4v) is 11.7. The zero-order valence-electron chi connectivity index (χ0n) is 28.3. The van der Waals surface area contributed by atoms with Crippen LogP contribution in [0, 0.1) is 12.5 Å². The van der Waals surface area contributed by atoms with Gasteiger partial charge in [0.1, 0.15) is 53.3 Å². The van der Waals surface area contributed by atoms with Crippen LogP contribution in [0.15, 0.2) is 27.2 Å². The maximum Gasteiger partial charge on any atom is 0.490 e. The molecule has 318 valence electrons. The number of aryl methyl sites for hydroxylation is 1. The van der Waals surface area contributed by atoms with Crippen LogP contribution < -0.4 is 32.1 Å². The number of aromatic amines is 1. The van der Waals surface area contributed by atoms with Crippen molar-refractivity contribution in [1.29, 1.82) is 5.53 Å². The molecular formula is C20H32N10O22P5+. The van der Waals surface area contributed by atoms with Crippen LogP contribution in [0.3, 0.4) is 0 Å². The van der Waals surface area contributed by atoms with Crippen LogP contribution in [0.4, 0.5) is 17.3 Å². The normalized spacial score (nSPS) is 29.8. The minimum absolute atomic E-state index is 0.0462. The zero-order valence-corrected chi connectivity index (χ0v) is 32.7. The number of nitrogens with one attached hydrogen (secondary N) is 3. The van der Waals surface area contributed by atoms with Gasteiger partial charge in [-0.2, -0.15) is 17.2 Å². The molecule has 0 aliphatic carbocycles. The number of anilines is 3. The lowest BCUT2D eigenvalue weighted by molar-refractivity contribution is -0.0270. The molecule has 5 rings (SSSR count). The maximum atomic E-state index is 12.5. The summed E-state index contributed by atoms with van der Waals surface area (Å²) < 4.78 is 98.0. The third kappa shape index (κ3) is 11.2. The Morgan fingerprint density at radius 1 is 0.912 bits per heavy atom. The number of aliphatic hydroxyl groups is 2. The van der Waals surface area contributed by atoms with E-state index < -0.39 is 106 Å². The smallest absolute Gasteiger partial charge is 0.387 e. The summed E-state index contributed by atoms with van der Waals surface area (Å²) in [4.78, 5) is 87.3. The second-order valence-corrected chi connectivity index (χ2v) is 19.5. The highest BCUT2D eigenvalue weighted by Gasteiger charge is 2.51. The summed E-state index contributed by atoms with van der Waals surface area (Å²) in [6, 6.07) is -1.15. The molecule has 0 spiro atoms. The van der Waals surface area contributed by atoms with Crippen LogP contribution in [-0.4, -0.2) is 111 Å². The quantitative estimate of drug-likeness (QED) is 0.0481. The van der Waals surface area contributed by atoms with Gasteiger partial charge >= 0.3 is 44.8 Å². The number of rotatable bonds is 17. The van der Waals surface area contributed by atoms with Crippen molar-refractivity contribution in [3.63, 3.8) is 0 Å². The summed E-state index contributed by atoms with van der Waals surface area (Å²) in [5.41, 5.74) is 11.5. The van der Waals surface area contributed by atoms with Gasteiger partial charge in [0.05, 0.1) is 19.9 Å². The Morgan fingerprint density at radius 3 is 2.05 bits per heavy atom. The van der Waals surface area contributed by atoms with Gasteiger partial charge in [-0.1, -0.05) is 0 Å². The summed E-state index contributed by atoms with van der Waals surface area (Å²) in [5.74, 6) is 0.206. The summed E-state index contributed by atoms with van der Waals surface area (Å²) in [6.45, 7) is -0.884. The van der Waals surface area contributed by atoms with E-state index in [-0.39, 0.29) is 36.0 Å². The predicted molar refractivity (Wildman–Crippen MR) is 179 cm³/mol. The van der Waals surface area contributed by atoms with Crippen LogP contribution >= 0.6 is 39.1 Å². The van der Waals surface area contributed by atoms with Gasteiger partial charge in [0, 0.05) is 18.2 Å². The first-order chi connectivity index (χ1) is 26.3. The van der Waals surface area contributed by atoms with E-state index in [0.717, 1.165) is 17.1 Å². The fraction of sp³-hybridized carbons (Fsp3) is 0.600. The lowest BCUT2D eigenvalue weighted by atomic mass is 10.1. The standard InChI is InChI=1S/C20H31N10O22P5/c1-8-3-29(20(34)26-18(8)33)12-2-9(27-28-22)10(47-12)4-45-53(35,36)49-55(39,40)51-57(43,44)52-56(41,42)50-54(37,38)46-5-11-14(31)15(32)19(48-11)30-7-25-13-16(21)23-6-24-17(13)30/h3,6,9-12,14-15,19,21,31-32H,2,4-5,7H2,1H3,(H8,22,26,27,33,34,35,36,37,38,39,40,41,42,43,44)/p+1/t9-,10+,11+,12+,14+,15+,19+/m0/s1. The molecular weight excluding hydrogens is 887 g/mol. The first-order valence-corrected chi connectivity index (χ1v) is 22.7. The molecule has 37 heteroatoms. The van der Waals surface area contributed by atoms with Crippen molar-refractivity contribution in [3.05, 3.63) is 38.9 Å². The van der Waals surface area contributed by atoms with Crippen molar-refractivity contribution in [3.8, 4) is 0 Å². The van der Waals surface area contributed by atoms with Gasteiger partial charge in [-0.15, -0.1) is 0 Å². The van der Waals surface area contributed by atoms with Gasteiger partial charge in [-0.3, -0.25) is 23.4 Å². The summed E-state index contributed by atoms with van der Waals surface area (Å²) in [7, 11) is -30.8. The third-order valence-electron chi connectivity index (χ3n) is 7.69. The van der Waals surface area contributed by atoms with Crippen molar-refractivity contribution >= 4 is 56.4 Å². The number of nitrogens with two attached hydrogens (primary N) is 1. The number of hydrogen-bond acceptors (Lipinski definition) is 24. The van der Waals surface area contributed by atoms with E-state index in [9.17, 15) is 67.1 Å². The highest BCUT2D eigenvalue weighted by atomic mass is 31.3. The van der Waals surface area contributed by atoms with E-state index >= 15 is 0 Å². The van der Waals surface area contributed by atoms with E-state index in [2.05, 4.69) is 51.6 Å². The molecule has 32 nitrogen and oxygen atoms in total. The Labute approximate surface area is 315 Å². The van der Waals surface area contributed by atoms with E-state index in [4.69, 9.17) is 20.7 Å². The molecule has 0 amide bonds. The Balaban J connectivity index is 1.13. The average molecular weight is 919 g/mol. The molecule has 5 unspecified atom stereocenters. The molecule has 57 heavy (non-hydrogen) atoms. The number of nitrogens with zero attached hydrogens (tertiary/aromatic N) is 6. The van der Waals surface area contributed by atoms with Crippen molar-refractivity contribution in [2.24, 2.45) is 5.11 Å². The Hall–Kier alpha value is -2.98. The molecule has 3 aliphatic heterocycles. The van der Waals surface area contributed by atoms with Gasteiger partial charge < -0.3 is 60.1 Å². The minimum atomic E-state index is -6.44. The molecule has 0 aromatic carbocycles. The summed E-state index contributed by atoms with van der Waals surface area (Å²) in [6.07, 6.45) is -7.11. The van der Waals surface area contributed by atoms with Crippen molar-refractivity contribution in [2.45, 2.75) is 56.3 Å². The third-order valence-corrected chi connectivity index (χ3v) is 15.2. The lowest BCUT2D eigenvalue weighted by Crippen LogP contribution is -2.44. The first kappa shape index (κ1) is 45.1. The van der Waals surface area contributed by atoms with Crippen LogP contribution in [0.25, 0.3) is 0 Å². The van der Waals surface area contributed by atoms with Gasteiger partial charge in [-0.05, 0) is 6.92 Å². The number of ether oxygens (including phenoxy) is 2. The van der Waals surface area contributed by atoms with Gasteiger partial charge in [-0.25, -0.2) is 37.6 Å². The molecule has 5 heterocycles. The minimum Gasteiger partial charge on any atom is -0.387 e. The fourth-order valence-electron chi connectivity index (χ4n) is 5.33. The number of nitrogen functional groups attached to an aromatic ring is 1. The number of phosphoric ester groups is 2. The SMILES string of the molecule is Cc1cn([C@H]2C[C@H](N=[N+]=N)[C@@H](COP(=O)(O)OP(=O)(O)OP(=O)(O)OP(=O)(O)OP(=O)(O)OC[C@H]3O[C@@H](N4CNc5c(N)ncnc54)[C@H](O)[C@@H]3O)O2)c(=O)[nH]c1=O. The van der Waals surface area contributed by atoms with Gasteiger partial charge in [0.2, 0.25) is 4.91 Å². The maximum absolute atomic E-state index is 12.5. The van der Waals surface area contributed by atoms with Gasteiger partial charge in [0.15, 0.2) is 23.9 Å². The van der Waals surface area contributed by atoms with Crippen LogP contribution in [0.2, 0.25) is 0 Å². The molecule has 3 aliphatic rings. The Kier molecular flexibility index (Phi) is 13.4. The van der Waals surface area contributed by atoms with Crippen molar-refractivity contribution in [2.75, 3.05) is 35.8 Å². The van der Waals surface area contributed by atoms with E-state index in [1.54, 1.807) is 0 Å². The van der Waals surface area contributed by atoms with Crippen LogP contribution in [0.1, 0.15) is 18.2 Å². The summed E-state index contributed by atoms with van der Waals surface area (Å²) in [5, 5.41) is 27.3. The Morgan fingerprint density at radius 2 is 1.47 bits per heavy atom. The summed E-state index contributed by atoms with van der Waals surface area (Å²) >= 11 is 0. The molecule has 2 aromatic rings. The molecule has 0 bridgehead atoms. The number of aliphatic hydroxyl groups excluding tert-OH is 2. The lowest BCUT2D eigenvalue weighted by Gasteiger charge is -2.26. The van der Waals surface area contributed by atoms with Crippen LogP contribution in [0.5, 0.6) is 0 Å². The topological polar surface area (TPSA) is 473 Å². The molecule has 0 radical (unpaired) electrons. The molecule has 12 atom stereocenters. The zero-order chi connectivity index (χ0) is 42.3. The molecule has 0 saturated carbocycles. The second kappa shape index (κ2) is 16.9. The second-order valence-electron chi connectivity index (χ2n) is 11.7. The monoisotopic (exact) mass is 919 g/mol. The molecule has 2 aromatic heterocycles. The predicted octanol–water partition coefficient (Wildman–Crippen LogP) is -1.64. The van der Waals surface area contributed by atoms with Crippen molar-refractivity contribution < 1.29 is 93.3 Å². The largest absolute Gasteiger partial charge is 0.490 e. The number of hydrogen-bond donors (Lipinski definition) is 11. The molecule has 2 saturated heterocycles. The van der Waals surface area contributed by atoms with Gasteiger partial charge in [0.25, 0.3) is 5.56 Å². The Bertz CT molecular complexity index is 2270. The number of aromatic nitrogens is 4. The molecule has 12 N–H and O–H groups in total. The number of phosphoric acid groups is 5. The number of H-pyrrole nitrogens is 1. The highest BCUT2D eigenvalue weighted by molar-refractivity contribution is 7.71. The number of fused-ring (bicyclic) bond motifs is 1. The average Bonchev–Trinajstić information content (AvgIpc) is 3.75.